The number of aromatic nitrogens is 1. The second-order valence-corrected chi connectivity index (χ2v) is 4.04. The number of nitrogen functional groups attached to an aromatic ring is 1. The van der Waals surface area contributed by atoms with Gasteiger partial charge >= 0.3 is 5.97 Å². The van der Waals surface area contributed by atoms with Crippen LogP contribution < -0.4 is 5.73 Å². The van der Waals surface area contributed by atoms with Crippen LogP contribution in [0.4, 0.5) is 14.6 Å². The number of hydrogen-bond acceptors (Lipinski definition) is 4. The summed E-state index contributed by atoms with van der Waals surface area (Å²) in [5.74, 6) is -0.514. The SMILES string of the molecule is CCOC(=O)Cc1cc(C(F)F)c(CBr)c(N)n1. The summed E-state index contributed by atoms with van der Waals surface area (Å²) in [4.78, 5) is 15.2. The summed E-state index contributed by atoms with van der Waals surface area (Å²) in [7, 11) is 0. The van der Waals surface area contributed by atoms with E-state index in [1.54, 1.807) is 6.92 Å². The lowest BCUT2D eigenvalue weighted by molar-refractivity contribution is -0.142. The number of ether oxygens (including phenoxy) is 1. The quantitative estimate of drug-likeness (QED) is 0.668. The number of esters is 1. The Bertz CT molecular complexity index is 441. The highest BCUT2D eigenvalue weighted by Crippen LogP contribution is 2.28. The summed E-state index contributed by atoms with van der Waals surface area (Å²) in [6, 6.07) is 1.19. The first kappa shape index (κ1) is 14.8. The van der Waals surface area contributed by atoms with Crippen LogP contribution in [-0.4, -0.2) is 17.6 Å². The lowest BCUT2D eigenvalue weighted by Crippen LogP contribution is -2.11. The molecule has 0 aliphatic rings. The van der Waals surface area contributed by atoms with Gasteiger partial charge in [0.25, 0.3) is 6.43 Å². The molecule has 0 fully saturated rings. The van der Waals surface area contributed by atoms with Crippen molar-refractivity contribution < 1.29 is 18.3 Å². The number of carbonyl (C=O) groups excluding carboxylic acids is 1. The van der Waals surface area contributed by atoms with Crippen molar-refractivity contribution in [2.75, 3.05) is 12.3 Å². The van der Waals surface area contributed by atoms with Crippen LogP contribution in [0, 0.1) is 0 Å². The lowest BCUT2D eigenvalue weighted by atomic mass is 10.1. The molecule has 0 spiro atoms. The molecule has 0 saturated heterocycles. The number of halogens is 3. The minimum Gasteiger partial charge on any atom is -0.466 e. The average Bonchev–Trinajstić information content (AvgIpc) is 2.28. The monoisotopic (exact) mass is 322 g/mol. The maximum Gasteiger partial charge on any atom is 0.311 e. The second kappa shape index (κ2) is 6.63. The van der Waals surface area contributed by atoms with E-state index in [1.165, 1.54) is 6.07 Å². The van der Waals surface area contributed by atoms with Gasteiger partial charge in [0.15, 0.2) is 0 Å². The van der Waals surface area contributed by atoms with Gasteiger partial charge in [-0.05, 0) is 13.0 Å². The van der Waals surface area contributed by atoms with Crippen LogP contribution in [-0.2, 0) is 21.3 Å². The fourth-order valence-electron chi connectivity index (χ4n) is 1.46. The van der Waals surface area contributed by atoms with E-state index < -0.39 is 12.4 Å². The molecule has 0 atom stereocenters. The Balaban J connectivity index is 3.05. The smallest absolute Gasteiger partial charge is 0.311 e. The van der Waals surface area contributed by atoms with Crippen molar-refractivity contribution in [2.45, 2.75) is 25.1 Å². The Labute approximate surface area is 112 Å². The fourth-order valence-corrected chi connectivity index (χ4v) is 2.07. The molecule has 4 nitrogen and oxygen atoms in total. The number of pyridine rings is 1. The van der Waals surface area contributed by atoms with Gasteiger partial charge in [0, 0.05) is 16.5 Å². The first-order chi connectivity index (χ1) is 8.49. The summed E-state index contributed by atoms with van der Waals surface area (Å²) < 4.78 is 30.4. The maximum atomic E-state index is 12.8. The van der Waals surface area contributed by atoms with E-state index in [9.17, 15) is 13.6 Å². The van der Waals surface area contributed by atoms with Crippen LogP contribution in [0.1, 0.15) is 30.2 Å². The molecular weight excluding hydrogens is 310 g/mol. The Hall–Kier alpha value is -1.24. The molecule has 0 amide bonds. The van der Waals surface area contributed by atoms with Gasteiger partial charge in [-0.25, -0.2) is 13.8 Å². The zero-order valence-electron chi connectivity index (χ0n) is 9.75. The Morgan fingerprint density at radius 2 is 2.28 bits per heavy atom. The number of hydrogen-bond donors (Lipinski definition) is 1. The summed E-state index contributed by atoms with van der Waals surface area (Å²) in [5, 5.41) is 0.186. The highest BCUT2D eigenvalue weighted by molar-refractivity contribution is 9.08. The van der Waals surface area contributed by atoms with Gasteiger partial charge in [-0.3, -0.25) is 4.79 Å². The van der Waals surface area contributed by atoms with Crippen molar-refractivity contribution in [2.24, 2.45) is 0 Å². The molecule has 0 saturated carbocycles. The molecule has 0 bridgehead atoms. The van der Waals surface area contributed by atoms with E-state index in [1.807, 2.05) is 0 Å². The molecule has 0 aliphatic heterocycles. The van der Waals surface area contributed by atoms with Crippen LogP contribution in [0.3, 0.4) is 0 Å². The number of nitrogens with two attached hydrogens (primary N) is 1. The highest BCUT2D eigenvalue weighted by Gasteiger charge is 2.18. The molecule has 0 aliphatic carbocycles. The third-order valence-electron chi connectivity index (χ3n) is 2.24. The first-order valence-electron chi connectivity index (χ1n) is 5.27. The molecule has 0 aromatic carbocycles. The molecular formula is C11H13BrF2N2O2. The van der Waals surface area contributed by atoms with Gasteiger partial charge in [0.1, 0.15) is 5.82 Å². The Kier molecular flexibility index (Phi) is 5.46. The molecule has 1 aromatic heterocycles. The lowest BCUT2D eigenvalue weighted by Gasteiger charge is -2.11. The van der Waals surface area contributed by atoms with Crippen LogP contribution in [0.25, 0.3) is 0 Å². The van der Waals surface area contributed by atoms with Crippen LogP contribution in [0.15, 0.2) is 6.07 Å². The zero-order chi connectivity index (χ0) is 13.7. The van der Waals surface area contributed by atoms with Crippen molar-refractivity contribution in [3.05, 3.63) is 22.9 Å². The predicted octanol–water partition coefficient (Wildman–Crippen LogP) is 2.60. The maximum absolute atomic E-state index is 12.8. The minimum absolute atomic E-state index is 0.00368. The molecule has 1 aromatic rings. The second-order valence-electron chi connectivity index (χ2n) is 3.48. The molecule has 100 valence electrons. The number of carbonyl (C=O) groups is 1. The Morgan fingerprint density at radius 1 is 1.61 bits per heavy atom. The first-order valence-corrected chi connectivity index (χ1v) is 6.39. The third kappa shape index (κ3) is 3.63. The molecule has 1 heterocycles. The summed E-state index contributed by atoms with van der Waals surface area (Å²) in [6.07, 6.45) is -2.83. The van der Waals surface area contributed by atoms with Crippen molar-refractivity contribution in [3.63, 3.8) is 0 Å². The van der Waals surface area contributed by atoms with Crippen LogP contribution in [0.2, 0.25) is 0 Å². The number of alkyl halides is 3. The standard InChI is InChI=1S/C11H13BrF2N2O2/c1-2-18-9(17)4-6-3-7(10(13)14)8(5-12)11(15)16-6/h3,10H,2,4-5H2,1H3,(H2,15,16). The number of anilines is 1. The molecule has 1 rings (SSSR count). The summed E-state index contributed by atoms with van der Waals surface area (Å²) >= 11 is 3.08. The van der Waals surface area contributed by atoms with E-state index in [2.05, 4.69) is 20.9 Å². The molecule has 18 heavy (non-hydrogen) atoms. The van der Waals surface area contributed by atoms with Crippen LogP contribution >= 0.6 is 15.9 Å². The molecule has 2 N–H and O–H groups in total. The average molecular weight is 323 g/mol. The van der Waals surface area contributed by atoms with Gasteiger partial charge in [-0.15, -0.1) is 0 Å². The van der Waals surface area contributed by atoms with Crippen molar-refractivity contribution in [3.8, 4) is 0 Å². The van der Waals surface area contributed by atoms with Crippen molar-refractivity contribution in [1.82, 2.24) is 4.98 Å². The van der Waals surface area contributed by atoms with Gasteiger partial charge in [-0.1, -0.05) is 15.9 Å². The van der Waals surface area contributed by atoms with Gasteiger partial charge < -0.3 is 10.5 Å². The normalized spacial score (nSPS) is 10.7. The van der Waals surface area contributed by atoms with E-state index in [-0.39, 0.29) is 41.0 Å². The summed E-state index contributed by atoms with van der Waals surface area (Å²) in [6.45, 7) is 1.90. The van der Waals surface area contributed by atoms with Crippen molar-refractivity contribution in [1.29, 1.82) is 0 Å². The molecule has 7 heteroatoms. The zero-order valence-corrected chi connectivity index (χ0v) is 11.3. The minimum atomic E-state index is -2.66. The van der Waals surface area contributed by atoms with Gasteiger partial charge in [0.05, 0.1) is 18.7 Å². The van der Waals surface area contributed by atoms with E-state index >= 15 is 0 Å². The topological polar surface area (TPSA) is 65.2 Å². The Morgan fingerprint density at radius 3 is 2.78 bits per heavy atom. The van der Waals surface area contributed by atoms with E-state index in [0.29, 0.717) is 0 Å². The van der Waals surface area contributed by atoms with E-state index in [4.69, 9.17) is 10.5 Å². The number of nitrogens with zero attached hydrogens (tertiary/aromatic N) is 1. The fraction of sp³-hybridized carbons (Fsp3) is 0.455. The van der Waals surface area contributed by atoms with E-state index in [0.717, 1.165) is 0 Å². The molecule has 0 unspecified atom stereocenters. The number of rotatable bonds is 5. The largest absolute Gasteiger partial charge is 0.466 e. The van der Waals surface area contributed by atoms with Crippen molar-refractivity contribution >= 4 is 27.7 Å². The molecule has 0 radical (unpaired) electrons. The highest BCUT2D eigenvalue weighted by atomic mass is 79.9. The van der Waals surface area contributed by atoms with Gasteiger partial charge in [-0.2, -0.15) is 0 Å². The predicted molar refractivity (Wildman–Crippen MR) is 66.6 cm³/mol. The summed E-state index contributed by atoms with van der Waals surface area (Å²) in [5.41, 5.74) is 5.82. The third-order valence-corrected chi connectivity index (χ3v) is 2.80. The van der Waals surface area contributed by atoms with Gasteiger partial charge in [0.2, 0.25) is 0 Å². The van der Waals surface area contributed by atoms with Crippen LogP contribution in [0.5, 0.6) is 0 Å².